The second-order valence-corrected chi connectivity index (χ2v) is 6.28. The molecule has 18 heavy (non-hydrogen) atoms. The van der Waals surface area contributed by atoms with E-state index in [1.165, 1.54) is 31.2 Å². The van der Waals surface area contributed by atoms with E-state index in [0.717, 1.165) is 18.7 Å². The minimum atomic E-state index is 0.465. The number of hydrogen-bond acceptors (Lipinski definition) is 3. The fourth-order valence-electron chi connectivity index (χ4n) is 2.60. The summed E-state index contributed by atoms with van der Waals surface area (Å²) < 4.78 is 0.465. The summed E-state index contributed by atoms with van der Waals surface area (Å²) >= 11 is 2.02. The summed E-state index contributed by atoms with van der Waals surface area (Å²) in [5, 5.41) is 12.3. The molecule has 1 aromatic carbocycles. The van der Waals surface area contributed by atoms with Crippen LogP contribution in [-0.4, -0.2) is 17.5 Å². The summed E-state index contributed by atoms with van der Waals surface area (Å²) in [6.45, 7) is 1.99. The standard InChI is InChI=1S/C15H20N2S/c1-18-15(8-2-3-9-15)12-17-11-14-6-4-13(10-16)5-7-14/h4-7,17H,2-3,8-9,11-12H2,1H3. The van der Waals surface area contributed by atoms with Crippen molar-refractivity contribution in [2.45, 2.75) is 37.0 Å². The quantitative estimate of drug-likeness (QED) is 0.882. The third-order valence-corrected chi connectivity index (χ3v) is 5.23. The van der Waals surface area contributed by atoms with Crippen LogP contribution in [0.3, 0.4) is 0 Å². The molecule has 0 aromatic heterocycles. The molecular weight excluding hydrogens is 240 g/mol. The topological polar surface area (TPSA) is 35.8 Å². The molecule has 1 aromatic rings. The molecule has 1 aliphatic carbocycles. The van der Waals surface area contributed by atoms with Gasteiger partial charge in [0.25, 0.3) is 0 Å². The first-order valence-corrected chi connectivity index (χ1v) is 7.75. The lowest BCUT2D eigenvalue weighted by Crippen LogP contribution is -2.34. The molecule has 1 N–H and O–H groups in total. The predicted molar refractivity (Wildman–Crippen MR) is 77.6 cm³/mol. The molecule has 0 heterocycles. The minimum Gasteiger partial charge on any atom is -0.311 e. The highest BCUT2D eigenvalue weighted by atomic mass is 32.2. The van der Waals surface area contributed by atoms with E-state index in [9.17, 15) is 0 Å². The van der Waals surface area contributed by atoms with Crippen LogP contribution in [0.15, 0.2) is 24.3 Å². The van der Waals surface area contributed by atoms with Gasteiger partial charge in [-0.25, -0.2) is 0 Å². The highest BCUT2D eigenvalue weighted by Gasteiger charge is 2.32. The molecule has 0 spiro atoms. The van der Waals surface area contributed by atoms with E-state index in [-0.39, 0.29) is 0 Å². The van der Waals surface area contributed by atoms with Gasteiger partial charge in [-0.3, -0.25) is 0 Å². The van der Waals surface area contributed by atoms with E-state index in [1.54, 1.807) is 0 Å². The monoisotopic (exact) mass is 260 g/mol. The van der Waals surface area contributed by atoms with E-state index in [2.05, 4.69) is 17.6 Å². The van der Waals surface area contributed by atoms with Crippen molar-refractivity contribution in [3.63, 3.8) is 0 Å². The first kappa shape index (κ1) is 13.5. The maximum atomic E-state index is 8.75. The van der Waals surface area contributed by atoms with Gasteiger partial charge in [-0.1, -0.05) is 25.0 Å². The maximum Gasteiger partial charge on any atom is 0.0991 e. The van der Waals surface area contributed by atoms with Crippen molar-refractivity contribution in [2.24, 2.45) is 0 Å². The van der Waals surface area contributed by atoms with Gasteiger partial charge in [0, 0.05) is 17.8 Å². The lowest BCUT2D eigenvalue weighted by atomic mass is 10.1. The van der Waals surface area contributed by atoms with Crippen molar-refractivity contribution < 1.29 is 0 Å². The van der Waals surface area contributed by atoms with Crippen molar-refractivity contribution in [1.82, 2.24) is 5.32 Å². The van der Waals surface area contributed by atoms with Gasteiger partial charge in [-0.15, -0.1) is 0 Å². The summed E-state index contributed by atoms with van der Waals surface area (Å²) in [4.78, 5) is 0. The molecule has 0 atom stereocenters. The van der Waals surface area contributed by atoms with Gasteiger partial charge in [-0.2, -0.15) is 17.0 Å². The van der Waals surface area contributed by atoms with Crippen molar-refractivity contribution in [2.75, 3.05) is 12.8 Å². The Morgan fingerprint density at radius 2 is 1.94 bits per heavy atom. The summed E-state index contributed by atoms with van der Waals surface area (Å²) in [7, 11) is 0. The highest BCUT2D eigenvalue weighted by molar-refractivity contribution is 8.00. The largest absolute Gasteiger partial charge is 0.311 e. The maximum absolute atomic E-state index is 8.75. The number of benzene rings is 1. The summed E-state index contributed by atoms with van der Waals surface area (Å²) in [6, 6.07) is 9.99. The van der Waals surface area contributed by atoms with Gasteiger partial charge in [0.05, 0.1) is 11.6 Å². The van der Waals surface area contributed by atoms with Crippen LogP contribution in [0.5, 0.6) is 0 Å². The molecule has 0 unspecified atom stereocenters. The molecule has 0 aliphatic heterocycles. The van der Waals surface area contributed by atoms with Gasteiger partial charge in [0.1, 0.15) is 0 Å². The molecule has 96 valence electrons. The first-order chi connectivity index (χ1) is 8.78. The molecule has 1 saturated carbocycles. The lowest BCUT2D eigenvalue weighted by Gasteiger charge is -2.27. The normalized spacial score (nSPS) is 17.6. The Balaban J connectivity index is 1.82. The molecule has 0 radical (unpaired) electrons. The third kappa shape index (κ3) is 3.28. The van der Waals surface area contributed by atoms with E-state index < -0.39 is 0 Å². The lowest BCUT2D eigenvalue weighted by molar-refractivity contribution is 0.534. The molecular formula is C15H20N2S. The zero-order chi connectivity index (χ0) is 12.8. The van der Waals surface area contributed by atoms with Crippen molar-refractivity contribution in [1.29, 1.82) is 5.26 Å². The van der Waals surface area contributed by atoms with Gasteiger partial charge in [-0.05, 0) is 36.8 Å². The molecule has 0 saturated heterocycles. The number of nitrogens with one attached hydrogen (secondary N) is 1. The fraction of sp³-hybridized carbons (Fsp3) is 0.533. The Labute approximate surface area is 114 Å². The molecule has 0 amide bonds. The predicted octanol–water partition coefficient (Wildman–Crippen LogP) is 3.32. The van der Waals surface area contributed by atoms with Crippen LogP contribution in [0.25, 0.3) is 0 Å². The Hall–Kier alpha value is -0.980. The van der Waals surface area contributed by atoms with E-state index in [4.69, 9.17) is 5.26 Å². The van der Waals surface area contributed by atoms with Crippen molar-refractivity contribution in [3.05, 3.63) is 35.4 Å². The van der Waals surface area contributed by atoms with Crippen LogP contribution in [0.2, 0.25) is 0 Å². The Bertz CT molecular complexity index is 413. The average Bonchev–Trinajstić information content (AvgIpc) is 2.89. The fourth-order valence-corrected chi connectivity index (χ4v) is 3.55. The zero-order valence-corrected chi connectivity index (χ0v) is 11.7. The van der Waals surface area contributed by atoms with Crippen LogP contribution < -0.4 is 5.32 Å². The number of nitriles is 1. The van der Waals surface area contributed by atoms with Gasteiger partial charge < -0.3 is 5.32 Å². The number of rotatable bonds is 5. The minimum absolute atomic E-state index is 0.465. The molecule has 1 fully saturated rings. The van der Waals surface area contributed by atoms with Crippen LogP contribution in [0.1, 0.15) is 36.8 Å². The van der Waals surface area contributed by atoms with Gasteiger partial charge in [0.2, 0.25) is 0 Å². The van der Waals surface area contributed by atoms with E-state index in [0.29, 0.717) is 4.75 Å². The smallest absolute Gasteiger partial charge is 0.0991 e. The summed E-state index contributed by atoms with van der Waals surface area (Å²) in [5.74, 6) is 0. The second kappa shape index (κ2) is 6.26. The number of nitrogens with zero attached hydrogens (tertiary/aromatic N) is 1. The Morgan fingerprint density at radius 1 is 1.28 bits per heavy atom. The van der Waals surface area contributed by atoms with Gasteiger partial charge in [0.15, 0.2) is 0 Å². The summed E-state index contributed by atoms with van der Waals surface area (Å²) in [6.07, 6.45) is 7.66. The molecule has 2 rings (SSSR count). The number of thioether (sulfide) groups is 1. The Kier molecular flexibility index (Phi) is 4.68. The molecule has 0 bridgehead atoms. The van der Waals surface area contributed by atoms with E-state index in [1.807, 2.05) is 36.0 Å². The summed E-state index contributed by atoms with van der Waals surface area (Å²) in [5.41, 5.74) is 1.98. The first-order valence-electron chi connectivity index (χ1n) is 6.53. The van der Waals surface area contributed by atoms with Crippen molar-refractivity contribution in [3.8, 4) is 6.07 Å². The van der Waals surface area contributed by atoms with Crippen LogP contribution in [-0.2, 0) is 6.54 Å². The van der Waals surface area contributed by atoms with Crippen LogP contribution >= 0.6 is 11.8 Å². The average molecular weight is 260 g/mol. The second-order valence-electron chi connectivity index (χ2n) is 5.01. The van der Waals surface area contributed by atoms with Crippen molar-refractivity contribution >= 4 is 11.8 Å². The third-order valence-electron chi connectivity index (χ3n) is 3.81. The molecule has 1 aliphatic rings. The zero-order valence-electron chi connectivity index (χ0n) is 10.9. The molecule has 2 nitrogen and oxygen atoms in total. The molecule has 3 heteroatoms. The highest BCUT2D eigenvalue weighted by Crippen LogP contribution is 2.39. The van der Waals surface area contributed by atoms with Crippen LogP contribution in [0, 0.1) is 11.3 Å². The van der Waals surface area contributed by atoms with Gasteiger partial charge >= 0.3 is 0 Å². The Morgan fingerprint density at radius 3 is 2.50 bits per heavy atom. The van der Waals surface area contributed by atoms with E-state index >= 15 is 0 Å². The number of hydrogen-bond donors (Lipinski definition) is 1. The SMILES string of the molecule is CSC1(CNCc2ccc(C#N)cc2)CCCC1. The van der Waals surface area contributed by atoms with Crippen LogP contribution in [0.4, 0.5) is 0 Å².